The number of aromatic nitrogens is 1. The number of aryl methyl sites for hydroxylation is 1. The van der Waals surface area contributed by atoms with Crippen LogP contribution in [0, 0.1) is 6.92 Å². The Morgan fingerprint density at radius 1 is 1.16 bits per heavy atom. The molecule has 0 aliphatic rings. The Morgan fingerprint density at radius 3 is 2.64 bits per heavy atom. The largest absolute Gasteiger partial charge is 0.459 e. The second-order valence-electron chi connectivity index (χ2n) is 5.46. The zero-order valence-electron chi connectivity index (χ0n) is 13.5. The number of hydrogen-bond donors (Lipinski definition) is 0. The fourth-order valence-electron chi connectivity index (χ4n) is 2.29. The van der Waals surface area contributed by atoms with Gasteiger partial charge in [0.25, 0.3) is 0 Å². The van der Waals surface area contributed by atoms with Gasteiger partial charge >= 0.3 is 5.97 Å². The molecule has 1 heterocycles. The molecular weight excluding hydrogens is 361 g/mol. The molecule has 0 unspecified atom stereocenters. The maximum Gasteiger partial charge on any atom is 0.310 e. The molecule has 0 atom stereocenters. The Morgan fingerprint density at radius 2 is 1.92 bits per heavy atom. The van der Waals surface area contributed by atoms with Crippen molar-refractivity contribution in [2.75, 3.05) is 0 Å². The van der Waals surface area contributed by atoms with Crippen LogP contribution in [0.5, 0.6) is 0 Å². The molecule has 1 aromatic heterocycles. The lowest BCUT2D eigenvalue weighted by Gasteiger charge is -2.05. The van der Waals surface area contributed by atoms with Crippen LogP contribution in [0.3, 0.4) is 0 Å². The quantitative estimate of drug-likeness (QED) is 0.572. The van der Waals surface area contributed by atoms with Crippen molar-refractivity contribution in [2.45, 2.75) is 20.0 Å². The van der Waals surface area contributed by atoms with Gasteiger partial charge < -0.3 is 9.15 Å². The van der Waals surface area contributed by atoms with Crippen molar-refractivity contribution in [3.8, 4) is 11.5 Å². The summed E-state index contributed by atoms with van der Waals surface area (Å²) in [6.45, 7) is 1.84. The van der Waals surface area contributed by atoms with Gasteiger partial charge in [0.05, 0.1) is 6.42 Å². The second kappa shape index (κ2) is 7.72. The minimum atomic E-state index is -0.395. The number of carbonyl (C=O) groups excluding carboxylic acids is 1. The van der Waals surface area contributed by atoms with Crippen LogP contribution in [-0.4, -0.2) is 11.0 Å². The van der Waals surface area contributed by atoms with Gasteiger partial charge in [0.1, 0.15) is 18.1 Å². The van der Waals surface area contributed by atoms with E-state index in [2.05, 4.69) is 4.98 Å². The Balaban J connectivity index is 1.63. The molecule has 0 saturated heterocycles. The Hall–Kier alpha value is -2.30. The van der Waals surface area contributed by atoms with E-state index in [4.69, 9.17) is 32.4 Å². The first-order chi connectivity index (χ1) is 12.0. The summed E-state index contributed by atoms with van der Waals surface area (Å²) < 4.78 is 10.9. The normalized spacial score (nSPS) is 10.7. The van der Waals surface area contributed by atoms with E-state index in [0.29, 0.717) is 33.0 Å². The fourth-order valence-corrected chi connectivity index (χ4v) is 2.76. The summed E-state index contributed by atoms with van der Waals surface area (Å²) in [6, 6.07) is 14.5. The van der Waals surface area contributed by atoms with E-state index in [0.717, 1.165) is 5.56 Å². The molecule has 6 heteroatoms. The van der Waals surface area contributed by atoms with Crippen LogP contribution in [0.15, 0.2) is 52.9 Å². The van der Waals surface area contributed by atoms with E-state index < -0.39 is 5.97 Å². The number of benzene rings is 2. The molecule has 0 fully saturated rings. The van der Waals surface area contributed by atoms with Gasteiger partial charge in [0, 0.05) is 15.6 Å². The Kier molecular flexibility index (Phi) is 5.41. The summed E-state index contributed by atoms with van der Waals surface area (Å²) in [5, 5.41) is 0.960. The first-order valence-electron chi connectivity index (χ1n) is 7.64. The van der Waals surface area contributed by atoms with Crippen molar-refractivity contribution in [3.05, 3.63) is 75.6 Å². The van der Waals surface area contributed by atoms with Crippen molar-refractivity contribution in [3.63, 3.8) is 0 Å². The third-order valence-corrected chi connectivity index (χ3v) is 4.22. The minimum absolute atomic E-state index is 0.0478. The average molecular weight is 376 g/mol. The predicted octanol–water partition coefficient (Wildman–Crippen LogP) is 5.24. The number of oxazole rings is 1. The Labute approximate surface area is 155 Å². The summed E-state index contributed by atoms with van der Waals surface area (Å²) in [6.07, 6.45) is 0.0679. The van der Waals surface area contributed by atoms with E-state index in [9.17, 15) is 4.79 Å². The number of ether oxygens (including phenoxy) is 1. The molecule has 0 N–H and O–H groups in total. The predicted molar refractivity (Wildman–Crippen MR) is 96.6 cm³/mol. The van der Waals surface area contributed by atoms with E-state index in [-0.39, 0.29) is 13.0 Å². The molecule has 2 aromatic carbocycles. The molecule has 0 aliphatic carbocycles. The van der Waals surface area contributed by atoms with Crippen LogP contribution < -0.4 is 0 Å². The Bertz CT molecular complexity index is 891. The molecule has 0 bridgehead atoms. The first-order valence-corrected chi connectivity index (χ1v) is 8.40. The molecule has 0 saturated carbocycles. The monoisotopic (exact) mass is 375 g/mol. The molecule has 0 spiro atoms. The van der Waals surface area contributed by atoms with E-state index in [1.54, 1.807) is 25.1 Å². The molecule has 3 rings (SSSR count). The van der Waals surface area contributed by atoms with Crippen LogP contribution in [0.4, 0.5) is 0 Å². The van der Waals surface area contributed by atoms with E-state index in [1.165, 1.54) is 0 Å². The van der Waals surface area contributed by atoms with Gasteiger partial charge in [-0.25, -0.2) is 4.98 Å². The third kappa shape index (κ3) is 4.41. The van der Waals surface area contributed by atoms with Crippen LogP contribution in [0.2, 0.25) is 10.0 Å². The number of nitrogens with zero attached hydrogens (tertiary/aromatic N) is 1. The van der Waals surface area contributed by atoms with E-state index >= 15 is 0 Å². The van der Waals surface area contributed by atoms with Gasteiger partial charge in [-0.15, -0.1) is 0 Å². The van der Waals surface area contributed by atoms with Crippen molar-refractivity contribution >= 4 is 29.2 Å². The van der Waals surface area contributed by atoms with Crippen molar-refractivity contribution in [1.82, 2.24) is 4.98 Å². The standard InChI is InChI=1S/C19H15Cl2NO3/c1-12-17(22-19(25-12)13-5-3-2-4-6-13)11-24-18(23)9-14-7-8-15(20)10-16(14)21/h2-8,10H,9,11H2,1H3. The maximum absolute atomic E-state index is 12.0. The van der Waals surface area contributed by atoms with Crippen LogP contribution >= 0.6 is 23.2 Å². The van der Waals surface area contributed by atoms with Gasteiger partial charge in [-0.05, 0) is 36.8 Å². The SMILES string of the molecule is Cc1oc(-c2ccccc2)nc1COC(=O)Cc1ccc(Cl)cc1Cl. The summed E-state index contributed by atoms with van der Waals surface area (Å²) in [5.41, 5.74) is 2.13. The second-order valence-corrected chi connectivity index (χ2v) is 6.30. The fraction of sp³-hybridized carbons (Fsp3) is 0.158. The highest BCUT2D eigenvalue weighted by molar-refractivity contribution is 6.35. The number of carbonyl (C=O) groups is 1. The highest BCUT2D eigenvalue weighted by Crippen LogP contribution is 2.23. The minimum Gasteiger partial charge on any atom is -0.459 e. The molecule has 128 valence electrons. The summed E-state index contributed by atoms with van der Waals surface area (Å²) in [5.74, 6) is 0.731. The van der Waals surface area contributed by atoms with Gasteiger partial charge in [-0.2, -0.15) is 0 Å². The zero-order chi connectivity index (χ0) is 17.8. The smallest absolute Gasteiger partial charge is 0.310 e. The highest BCUT2D eigenvalue weighted by atomic mass is 35.5. The number of rotatable bonds is 5. The summed E-state index contributed by atoms with van der Waals surface area (Å²) in [4.78, 5) is 16.4. The first kappa shape index (κ1) is 17.5. The highest BCUT2D eigenvalue weighted by Gasteiger charge is 2.14. The average Bonchev–Trinajstić information content (AvgIpc) is 2.97. The lowest BCUT2D eigenvalue weighted by Crippen LogP contribution is -2.09. The molecule has 25 heavy (non-hydrogen) atoms. The number of halogens is 2. The van der Waals surface area contributed by atoms with Crippen LogP contribution in [-0.2, 0) is 22.6 Å². The molecule has 0 aliphatic heterocycles. The number of esters is 1. The molecule has 4 nitrogen and oxygen atoms in total. The zero-order valence-corrected chi connectivity index (χ0v) is 15.0. The molecule has 3 aromatic rings. The van der Waals surface area contributed by atoms with Gasteiger partial charge in [0.2, 0.25) is 5.89 Å². The number of hydrogen-bond acceptors (Lipinski definition) is 4. The summed E-state index contributed by atoms with van der Waals surface area (Å²) >= 11 is 11.9. The van der Waals surface area contributed by atoms with Gasteiger partial charge in [-0.1, -0.05) is 47.5 Å². The molecular formula is C19H15Cl2NO3. The van der Waals surface area contributed by atoms with Crippen molar-refractivity contribution in [2.24, 2.45) is 0 Å². The summed E-state index contributed by atoms with van der Waals surface area (Å²) in [7, 11) is 0. The maximum atomic E-state index is 12.0. The lowest BCUT2D eigenvalue weighted by atomic mass is 10.1. The van der Waals surface area contributed by atoms with Gasteiger partial charge in [-0.3, -0.25) is 4.79 Å². The van der Waals surface area contributed by atoms with Crippen LogP contribution in [0.1, 0.15) is 17.0 Å². The third-order valence-electron chi connectivity index (χ3n) is 3.63. The molecule has 0 amide bonds. The lowest BCUT2D eigenvalue weighted by molar-refractivity contribution is -0.144. The molecule has 0 radical (unpaired) electrons. The topological polar surface area (TPSA) is 52.3 Å². The van der Waals surface area contributed by atoms with Crippen LogP contribution in [0.25, 0.3) is 11.5 Å². The van der Waals surface area contributed by atoms with E-state index in [1.807, 2.05) is 30.3 Å². The van der Waals surface area contributed by atoms with Crippen molar-refractivity contribution in [1.29, 1.82) is 0 Å². The van der Waals surface area contributed by atoms with Gasteiger partial charge in [0.15, 0.2) is 0 Å². The van der Waals surface area contributed by atoms with Crippen molar-refractivity contribution < 1.29 is 13.9 Å².